The van der Waals surface area contributed by atoms with E-state index in [1.54, 1.807) is 22.7 Å². The van der Waals surface area contributed by atoms with E-state index >= 15 is 0 Å². The minimum absolute atomic E-state index is 0.109. The van der Waals surface area contributed by atoms with E-state index in [1.807, 2.05) is 6.92 Å². The minimum atomic E-state index is -1.08. The molecule has 0 aliphatic carbocycles. The molecule has 0 radical (unpaired) electrons. The third-order valence-corrected chi connectivity index (χ3v) is 3.57. The van der Waals surface area contributed by atoms with Crippen LogP contribution in [-0.2, 0) is 11.2 Å². The van der Waals surface area contributed by atoms with Gasteiger partial charge in [-0.05, 0) is 30.7 Å². The smallest absolute Gasteiger partial charge is 0.309 e. The van der Waals surface area contributed by atoms with Gasteiger partial charge < -0.3 is 10.2 Å². The van der Waals surface area contributed by atoms with Crippen molar-refractivity contribution < 1.29 is 19.9 Å². The fraction of sp³-hybridized carbons (Fsp3) is 0.125. The summed E-state index contributed by atoms with van der Waals surface area (Å²) >= 11 is 0. The molecule has 2 heterocycles. The molecule has 0 saturated heterocycles. The predicted octanol–water partition coefficient (Wildman–Crippen LogP) is 3.30. The van der Waals surface area contributed by atoms with Crippen molar-refractivity contribution in [1.82, 2.24) is 9.38 Å². The number of benzene rings is 1. The topological polar surface area (TPSA) is 143 Å². The van der Waals surface area contributed by atoms with E-state index < -0.39 is 10.9 Å². The van der Waals surface area contributed by atoms with Gasteiger partial charge in [0.2, 0.25) is 0 Å². The number of carboxylic acid groups (broad SMARTS) is 1. The van der Waals surface area contributed by atoms with E-state index in [0.717, 1.165) is 23.8 Å². The third kappa shape index (κ3) is 3.34. The van der Waals surface area contributed by atoms with Gasteiger partial charge in [-0.2, -0.15) is 0 Å². The molecule has 3 aromatic rings. The Morgan fingerprint density at radius 1 is 1.31 bits per heavy atom. The van der Waals surface area contributed by atoms with Crippen LogP contribution in [0.1, 0.15) is 11.3 Å². The van der Waals surface area contributed by atoms with Crippen molar-refractivity contribution in [1.29, 1.82) is 0 Å². The van der Waals surface area contributed by atoms with Crippen molar-refractivity contribution in [3.63, 3.8) is 0 Å². The van der Waals surface area contributed by atoms with Crippen LogP contribution in [0, 0.1) is 17.0 Å². The van der Waals surface area contributed by atoms with Crippen LogP contribution in [0.2, 0.25) is 0 Å². The van der Waals surface area contributed by atoms with Gasteiger partial charge in [-0.3, -0.25) is 19.3 Å². The van der Waals surface area contributed by atoms with Gasteiger partial charge in [-0.1, -0.05) is 0 Å². The molecule has 10 heteroatoms. The van der Waals surface area contributed by atoms with Crippen molar-refractivity contribution >= 4 is 28.8 Å². The molecule has 1 aromatic carbocycles. The Bertz CT molecular complexity index is 1060. The largest absolute Gasteiger partial charge is 0.506 e. The highest BCUT2D eigenvalue weighted by Crippen LogP contribution is 2.32. The number of hydrogen-bond acceptors (Lipinski definition) is 7. The average Bonchev–Trinajstić information content (AvgIpc) is 2.89. The summed E-state index contributed by atoms with van der Waals surface area (Å²) in [5, 5.41) is 37.6. The molecule has 0 aliphatic heterocycles. The van der Waals surface area contributed by atoms with E-state index in [9.17, 15) is 20.0 Å². The Morgan fingerprint density at radius 2 is 2.08 bits per heavy atom. The van der Waals surface area contributed by atoms with Crippen molar-refractivity contribution in [3.05, 3.63) is 57.9 Å². The Kier molecular flexibility index (Phi) is 4.31. The first-order valence-electron chi connectivity index (χ1n) is 7.43. The Labute approximate surface area is 146 Å². The summed E-state index contributed by atoms with van der Waals surface area (Å²) in [6.07, 6.45) is 1.31. The molecular weight excluding hydrogens is 342 g/mol. The summed E-state index contributed by atoms with van der Waals surface area (Å²) in [6, 6.07) is 6.91. The highest BCUT2D eigenvalue weighted by atomic mass is 16.6. The van der Waals surface area contributed by atoms with Gasteiger partial charge in [0.15, 0.2) is 5.82 Å². The summed E-state index contributed by atoms with van der Waals surface area (Å²) < 4.78 is 1.56. The summed E-state index contributed by atoms with van der Waals surface area (Å²) in [4.78, 5) is 25.6. The number of carboxylic acids is 1. The number of aromatic nitrogens is 2. The molecule has 0 bridgehead atoms. The number of phenolic OH excluding ortho intramolecular Hbond substituents is 1. The number of aryl methyl sites for hydroxylation is 1. The van der Waals surface area contributed by atoms with E-state index in [0.29, 0.717) is 5.65 Å². The standard InChI is InChI=1S/C16H13N5O5/c1-9-4-5-20-14(6-9)17-12(8-15(23)24)16(20)19-18-11-7-10(21(25)26)2-3-13(11)22/h2-7,22H,8H2,1H3,(H,23,24). The quantitative estimate of drug-likeness (QED) is 0.408. The molecule has 0 spiro atoms. The van der Waals surface area contributed by atoms with Crippen LogP contribution in [0.25, 0.3) is 5.65 Å². The maximum atomic E-state index is 11.1. The fourth-order valence-electron chi connectivity index (χ4n) is 2.36. The zero-order chi connectivity index (χ0) is 18.8. The first kappa shape index (κ1) is 17.0. The minimum Gasteiger partial charge on any atom is -0.506 e. The van der Waals surface area contributed by atoms with E-state index in [2.05, 4.69) is 15.2 Å². The number of nitro groups is 1. The number of aliphatic carboxylic acids is 1. The lowest BCUT2D eigenvalue weighted by molar-refractivity contribution is -0.384. The molecule has 0 fully saturated rings. The van der Waals surface area contributed by atoms with Crippen LogP contribution in [0.5, 0.6) is 5.75 Å². The van der Waals surface area contributed by atoms with Crippen LogP contribution < -0.4 is 0 Å². The van der Waals surface area contributed by atoms with Gasteiger partial charge in [0.05, 0.1) is 17.0 Å². The number of imidazole rings is 1. The predicted molar refractivity (Wildman–Crippen MR) is 90.2 cm³/mol. The molecule has 0 atom stereocenters. The Balaban J connectivity index is 2.10. The number of rotatable bonds is 5. The normalized spacial score (nSPS) is 11.3. The third-order valence-electron chi connectivity index (χ3n) is 3.57. The van der Waals surface area contributed by atoms with Gasteiger partial charge in [0.25, 0.3) is 5.69 Å². The summed E-state index contributed by atoms with van der Waals surface area (Å²) in [7, 11) is 0. The molecule has 0 amide bonds. The number of aromatic hydroxyl groups is 1. The number of pyridine rings is 1. The molecule has 0 saturated carbocycles. The van der Waals surface area contributed by atoms with Crippen LogP contribution >= 0.6 is 0 Å². The molecule has 0 aliphatic rings. The number of phenols is 1. The molecule has 2 N–H and O–H groups in total. The monoisotopic (exact) mass is 355 g/mol. The lowest BCUT2D eigenvalue weighted by Crippen LogP contribution is -2.00. The van der Waals surface area contributed by atoms with Gasteiger partial charge in [-0.25, -0.2) is 4.98 Å². The van der Waals surface area contributed by atoms with Crippen LogP contribution in [0.4, 0.5) is 17.2 Å². The molecule has 26 heavy (non-hydrogen) atoms. The van der Waals surface area contributed by atoms with E-state index in [1.165, 1.54) is 0 Å². The maximum absolute atomic E-state index is 11.1. The second-order valence-corrected chi connectivity index (χ2v) is 5.52. The van der Waals surface area contributed by atoms with E-state index in [-0.39, 0.29) is 35.1 Å². The fourth-order valence-corrected chi connectivity index (χ4v) is 2.36. The summed E-state index contributed by atoms with van der Waals surface area (Å²) in [6.45, 7) is 1.87. The highest BCUT2D eigenvalue weighted by molar-refractivity contribution is 5.72. The Hall–Kier alpha value is -3.82. The zero-order valence-corrected chi connectivity index (χ0v) is 13.5. The average molecular weight is 355 g/mol. The first-order chi connectivity index (χ1) is 12.3. The SMILES string of the molecule is Cc1ccn2c(N=Nc3cc([N+](=O)[O-])ccc3O)c(CC(=O)O)nc2c1. The molecule has 0 unspecified atom stereocenters. The number of non-ortho nitro benzene ring substituents is 1. The van der Waals surface area contributed by atoms with Gasteiger partial charge >= 0.3 is 5.97 Å². The number of hydrogen-bond donors (Lipinski definition) is 2. The molecule has 3 rings (SSSR count). The second-order valence-electron chi connectivity index (χ2n) is 5.52. The van der Waals surface area contributed by atoms with Gasteiger partial charge in [0, 0.05) is 18.3 Å². The Morgan fingerprint density at radius 3 is 2.77 bits per heavy atom. The van der Waals surface area contributed by atoms with Crippen molar-refractivity contribution in [2.75, 3.05) is 0 Å². The van der Waals surface area contributed by atoms with Crippen LogP contribution in [-0.4, -0.2) is 30.5 Å². The number of fused-ring (bicyclic) bond motifs is 1. The highest BCUT2D eigenvalue weighted by Gasteiger charge is 2.16. The summed E-state index contributed by atoms with van der Waals surface area (Å²) in [5.74, 6) is -1.20. The summed E-state index contributed by atoms with van der Waals surface area (Å²) in [5.41, 5.74) is 1.26. The maximum Gasteiger partial charge on any atom is 0.309 e. The van der Waals surface area contributed by atoms with Crippen LogP contribution in [0.15, 0.2) is 46.8 Å². The number of azo groups is 1. The second kappa shape index (κ2) is 6.59. The van der Waals surface area contributed by atoms with Crippen molar-refractivity contribution in [2.45, 2.75) is 13.3 Å². The zero-order valence-electron chi connectivity index (χ0n) is 13.5. The number of nitro benzene ring substituents is 1. The number of carbonyl (C=O) groups is 1. The van der Waals surface area contributed by atoms with Gasteiger partial charge in [0.1, 0.15) is 17.1 Å². The molecule has 2 aromatic heterocycles. The lowest BCUT2D eigenvalue weighted by Gasteiger charge is -2.00. The molecule has 10 nitrogen and oxygen atoms in total. The lowest BCUT2D eigenvalue weighted by atomic mass is 10.2. The first-order valence-corrected chi connectivity index (χ1v) is 7.43. The van der Waals surface area contributed by atoms with E-state index in [4.69, 9.17) is 5.11 Å². The number of nitrogens with zero attached hydrogens (tertiary/aromatic N) is 5. The molecule has 132 valence electrons. The van der Waals surface area contributed by atoms with Gasteiger partial charge in [-0.15, -0.1) is 10.2 Å². The molecular formula is C16H13N5O5. The van der Waals surface area contributed by atoms with Crippen LogP contribution in [0.3, 0.4) is 0 Å². The van der Waals surface area contributed by atoms with Crippen molar-refractivity contribution in [3.8, 4) is 5.75 Å². The van der Waals surface area contributed by atoms with Crippen molar-refractivity contribution in [2.24, 2.45) is 10.2 Å².